The summed E-state index contributed by atoms with van der Waals surface area (Å²) in [5, 5.41) is 2.69. The molecule has 1 rings (SSSR count). The molecule has 23 heavy (non-hydrogen) atoms. The monoisotopic (exact) mass is 341 g/mol. The van der Waals surface area contributed by atoms with Gasteiger partial charge in [0.25, 0.3) is 0 Å². The first kappa shape index (κ1) is 19.6. The van der Waals surface area contributed by atoms with Crippen LogP contribution in [0.1, 0.15) is 32.3 Å². The molecule has 1 amide bonds. The second-order valence-electron chi connectivity index (χ2n) is 5.57. The number of carbonyl (C=O) groups excluding carboxylic acids is 1. The second-order valence-corrected chi connectivity index (χ2v) is 7.50. The summed E-state index contributed by atoms with van der Waals surface area (Å²) in [5.74, 6) is -0.331. The number of hydrogen-bond acceptors (Lipinski definition) is 4. The van der Waals surface area contributed by atoms with Gasteiger partial charge >= 0.3 is 0 Å². The van der Waals surface area contributed by atoms with E-state index in [-0.39, 0.29) is 31.3 Å². The summed E-state index contributed by atoms with van der Waals surface area (Å²) in [6.07, 6.45) is 1.26. The third-order valence-electron chi connectivity index (χ3n) is 4.22. The molecular weight excluding hydrogens is 314 g/mol. The van der Waals surface area contributed by atoms with Gasteiger partial charge < -0.3 is 11.1 Å². The molecule has 4 N–H and O–H groups in total. The van der Waals surface area contributed by atoms with Crippen molar-refractivity contribution in [2.24, 2.45) is 11.1 Å². The molecule has 1 aromatic rings. The van der Waals surface area contributed by atoms with Gasteiger partial charge in [-0.05, 0) is 18.4 Å². The lowest BCUT2D eigenvalue weighted by Gasteiger charge is -2.28. The molecule has 0 saturated heterocycles. The summed E-state index contributed by atoms with van der Waals surface area (Å²) in [7, 11) is -3.44. The van der Waals surface area contributed by atoms with E-state index >= 15 is 0 Å². The van der Waals surface area contributed by atoms with E-state index in [1.807, 2.05) is 44.2 Å². The topological polar surface area (TPSA) is 101 Å². The summed E-state index contributed by atoms with van der Waals surface area (Å²) < 4.78 is 26.4. The summed E-state index contributed by atoms with van der Waals surface area (Å²) in [5.41, 5.74) is 5.99. The normalized spacial score (nSPS) is 12.1. The molecule has 0 saturated carbocycles. The van der Waals surface area contributed by atoms with Crippen LogP contribution in [0.25, 0.3) is 0 Å². The van der Waals surface area contributed by atoms with Crippen LogP contribution in [-0.2, 0) is 21.4 Å². The molecule has 0 heterocycles. The first-order valence-corrected chi connectivity index (χ1v) is 9.54. The van der Waals surface area contributed by atoms with E-state index in [2.05, 4.69) is 10.0 Å². The van der Waals surface area contributed by atoms with Crippen LogP contribution in [0, 0.1) is 5.41 Å². The van der Waals surface area contributed by atoms with E-state index in [4.69, 9.17) is 5.73 Å². The fourth-order valence-electron chi connectivity index (χ4n) is 2.30. The Kier molecular flexibility index (Phi) is 7.67. The van der Waals surface area contributed by atoms with Crippen molar-refractivity contribution >= 4 is 15.9 Å². The van der Waals surface area contributed by atoms with Crippen LogP contribution in [0.5, 0.6) is 0 Å². The summed E-state index contributed by atoms with van der Waals surface area (Å²) in [6.45, 7) is 4.39. The highest BCUT2D eigenvalue weighted by Gasteiger charge is 2.33. The van der Waals surface area contributed by atoms with Gasteiger partial charge in [-0.25, -0.2) is 13.1 Å². The Balaban J connectivity index is 2.46. The van der Waals surface area contributed by atoms with Crippen molar-refractivity contribution < 1.29 is 13.2 Å². The lowest BCUT2D eigenvalue weighted by atomic mass is 9.81. The van der Waals surface area contributed by atoms with E-state index < -0.39 is 15.4 Å². The highest BCUT2D eigenvalue weighted by Crippen LogP contribution is 2.24. The van der Waals surface area contributed by atoms with E-state index in [0.29, 0.717) is 12.8 Å². The van der Waals surface area contributed by atoms with E-state index in [1.165, 1.54) is 0 Å². The van der Waals surface area contributed by atoms with Gasteiger partial charge in [0.05, 0.1) is 11.2 Å². The van der Waals surface area contributed by atoms with Crippen LogP contribution in [0.3, 0.4) is 0 Å². The SMILES string of the molecule is CCC(CC)(CN)C(=O)NCCS(=O)(=O)NCc1ccccc1. The molecular formula is C16H27N3O3S. The third kappa shape index (κ3) is 5.93. The first-order valence-electron chi connectivity index (χ1n) is 7.88. The van der Waals surface area contributed by atoms with E-state index in [9.17, 15) is 13.2 Å². The van der Waals surface area contributed by atoms with Gasteiger partial charge in [-0.15, -0.1) is 0 Å². The Morgan fingerprint density at radius 2 is 1.78 bits per heavy atom. The molecule has 0 spiro atoms. The average Bonchev–Trinajstić information content (AvgIpc) is 2.56. The standard InChI is InChI=1S/C16H27N3O3S/c1-3-16(4-2,13-17)15(20)18-10-11-23(21,22)19-12-14-8-6-5-7-9-14/h5-9,19H,3-4,10-13,17H2,1-2H3,(H,18,20). The minimum absolute atomic E-state index is 0.0741. The van der Waals surface area contributed by atoms with Gasteiger partial charge in [0.15, 0.2) is 0 Å². The lowest BCUT2D eigenvalue weighted by Crippen LogP contribution is -2.46. The molecule has 130 valence electrons. The molecule has 0 bridgehead atoms. The number of nitrogens with one attached hydrogen (secondary N) is 2. The number of benzene rings is 1. The van der Waals surface area contributed by atoms with Crippen molar-refractivity contribution in [3.05, 3.63) is 35.9 Å². The molecule has 0 aliphatic carbocycles. The Morgan fingerprint density at radius 3 is 2.30 bits per heavy atom. The molecule has 6 nitrogen and oxygen atoms in total. The van der Waals surface area contributed by atoms with Gasteiger partial charge in [0.1, 0.15) is 0 Å². The van der Waals surface area contributed by atoms with Gasteiger partial charge in [-0.2, -0.15) is 0 Å². The number of hydrogen-bond donors (Lipinski definition) is 3. The Labute approximate surface area is 138 Å². The maximum absolute atomic E-state index is 12.2. The van der Waals surface area contributed by atoms with Crippen molar-refractivity contribution in [2.75, 3.05) is 18.8 Å². The minimum Gasteiger partial charge on any atom is -0.355 e. The zero-order chi connectivity index (χ0) is 17.3. The smallest absolute Gasteiger partial charge is 0.227 e. The average molecular weight is 341 g/mol. The summed E-state index contributed by atoms with van der Waals surface area (Å²) >= 11 is 0. The number of sulfonamides is 1. The largest absolute Gasteiger partial charge is 0.355 e. The maximum Gasteiger partial charge on any atom is 0.227 e. The van der Waals surface area contributed by atoms with Crippen molar-refractivity contribution in [3.8, 4) is 0 Å². The fraction of sp³-hybridized carbons (Fsp3) is 0.562. The van der Waals surface area contributed by atoms with Crippen molar-refractivity contribution in [2.45, 2.75) is 33.2 Å². The second kappa shape index (κ2) is 9.00. The van der Waals surface area contributed by atoms with Crippen LogP contribution < -0.4 is 15.8 Å². The quantitative estimate of drug-likeness (QED) is 0.590. The number of rotatable bonds is 10. The molecule has 0 aliphatic heterocycles. The summed E-state index contributed by atoms with van der Waals surface area (Å²) in [4.78, 5) is 12.2. The van der Waals surface area contributed by atoms with Gasteiger partial charge in [0, 0.05) is 19.6 Å². The fourth-order valence-corrected chi connectivity index (χ4v) is 3.20. The summed E-state index contributed by atoms with van der Waals surface area (Å²) in [6, 6.07) is 9.28. The molecule has 0 fully saturated rings. The van der Waals surface area contributed by atoms with E-state index in [1.54, 1.807) is 0 Å². The van der Waals surface area contributed by atoms with Gasteiger partial charge in [0.2, 0.25) is 15.9 Å². The predicted molar refractivity (Wildman–Crippen MR) is 92.1 cm³/mol. The molecule has 1 aromatic carbocycles. The predicted octanol–water partition coefficient (Wildman–Crippen LogP) is 0.987. The molecule has 0 radical (unpaired) electrons. The zero-order valence-corrected chi connectivity index (χ0v) is 14.7. The Hall–Kier alpha value is -1.44. The molecule has 7 heteroatoms. The Bertz CT molecular complexity index is 576. The zero-order valence-electron chi connectivity index (χ0n) is 13.8. The number of carbonyl (C=O) groups is 1. The van der Waals surface area contributed by atoms with Crippen LogP contribution in [0.15, 0.2) is 30.3 Å². The van der Waals surface area contributed by atoms with Gasteiger partial charge in [-0.1, -0.05) is 44.2 Å². The maximum atomic E-state index is 12.2. The first-order chi connectivity index (χ1) is 10.9. The molecule has 0 aliphatic rings. The number of nitrogens with two attached hydrogens (primary N) is 1. The third-order valence-corrected chi connectivity index (χ3v) is 5.55. The van der Waals surface area contributed by atoms with E-state index in [0.717, 1.165) is 5.56 Å². The van der Waals surface area contributed by atoms with Gasteiger partial charge in [-0.3, -0.25) is 4.79 Å². The van der Waals surface area contributed by atoms with Crippen LogP contribution in [0.4, 0.5) is 0 Å². The molecule has 0 atom stereocenters. The van der Waals surface area contributed by atoms with Crippen LogP contribution in [-0.4, -0.2) is 33.2 Å². The molecule has 0 unspecified atom stereocenters. The van der Waals surface area contributed by atoms with Crippen molar-refractivity contribution in [1.29, 1.82) is 0 Å². The molecule has 0 aromatic heterocycles. The van der Waals surface area contributed by atoms with Crippen LogP contribution in [0.2, 0.25) is 0 Å². The minimum atomic E-state index is -3.44. The van der Waals surface area contributed by atoms with Crippen LogP contribution >= 0.6 is 0 Å². The highest BCUT2D eigenvalue weighted by molar-refractivity contribution is 7.89. The lowest BCUT2D eigenvalue weighted by molar-refractivity contribution is -0.130. The van der Waals surface area contributed by atoms with Crippen molar-refractivity contribution in [1.82, 2.24) is 10.0 Å². The number of amides is 1. The Morgan fingerprint density at radius 1 is 1.17 bits per heavy atom. The van der Waals surface area contributed by atoms with Crippen molar-refractivity contribution in [3.63, 3.8) is 0 Å². The highest BCUT2D eigenvalue weighted by atomic mass is 32.2.